The van der Waals surface area contributed by atoms with E-state index in [1.54, 1.807) is 52.0 Å². The van der Waals surface area contributed by atoms with Gasteiger partial charge in [-0.15, -0.1) is 0 Å². The van der Waals surface area contributed by atoms with E-state index in [2.05, 4.69) is 14.1 Å². The van der Waals surface area contributed by atoms with Gasteiger partial charge in [-0.2, -0.15) is 0 Å². The number of quaternary nitrogens is 2. The molecule has 0 saturated carbocycles. The highest BCUT2D eigenvalue weighted by atomic mass is 16.6. The number of hydrogen-bond donors (Lipinski definition) is 2. The lowest BCUT2D eigenvalue weighted by Crippen LogP contribution is -2.63. The molecule has 4 bridgehead atoms. The number of carbonyl (C=O) groups is 6. The summed E-state index contributed by atoms with van der Waals surface area (Å²) in [5.74, 6) is -3.83. The number of nitrogens with zero attached hydrogens (tertiary/aromatic N) is 2. The van der Waals surface area contributed by atoms with Crippen molar-refractivity contribution in [3.8, 4) is 23.0 Å². The third-order valence-electron chi connectivity index (χ3n) is 14.6. The largest absolute Gasteiger partial charge is 0.481 e. The van der Waals surface area contributed by atoms with Crippen LogP contribution in [0, 0.1) is 17.3 Å². The Kier molecular flexibility index (Phi) is 13.4. The molecule has 4 atom stereocenters. The van der Waals surface area contributed by atoms with E-state index in [1.807, 2.05) is 12.1 Å². The fourth-order valence-corrected chi connectivity index (χ4v) is 11.3. The molecule has 0 aliphatic carbocycles. The van der Waals surface area contributed by atoms with E-state index in [-0.39, 0.29) is 84.7 Å². The molecular formula is C46H62N2O12+2. The van der Waals surface area contributed by atoms with Gasteiger partial charge in [0.1, 0.15) is 13.1 Å². The van der Waals surface area contributed by atoms with Crippen molar-refractivity contribution in [3.63, 3.8) is 0 Å². The first kappa shape index (κ1) is 44.7. The standard InChI is InChI=1S/C46H60N2O12/c1-7-41(51)57-36-17-11-28(19-38(36)59-43(53)9-3)26-47(5)32-13-14-33(47)22-30(21-32)46(45(55)56,25-40(49)50)31-23-34-15-16-35(24-31)48(34,6)27-29-12-18-37(58-42(52)8-2)39(20-29)60-44(54)10-4/h11-12,17-20,30-35H,7-10,13-16,21-27H2,1-6H3/p+2. The van der Waals surface area contributed by atoms with Crippen LogP contribution >= 0.6 is 0 Å². The van der Waals surface area contributed by atoms with Gasteiger partial charge in [0.05, 0.1) is 50.1 Å². The number of carboxylic acids is 2. The van der Waals surface area contributed by atoms with Crippen molar-refractivity contribution in [3.05, 3.63) is 47.5 Å². The molecule has 0 spiro atoms. The van der Waals surface area contributed by atoms with Gasteiger partial charge in [-0.25, -0.2) is 0 Å². The Balaban J connectivity index is 1.24. The molecule has 4 heterocycles. The van der Waals surface area contributed by atoms with Gasteiger partial charge in [0.15, 0.2) is 23.0 Å². The molecule has 6 rings (SSSR count). The first-order chi connectivity index (χ1) is 28.5. The molecule has 4 aliphatic heterocycles. The lowest BCUT2D eigenvalue weighted by atomic mass is 9.57. The number of carbonyl (C=O) groups excluding carboxylic acids is 4. The van der Waals surface area contributed by atoms with Crippen molar-refractivity contribution in [2.45, 2.75) is 148 Å². The Hall–Kier alpha value is -4.82. The number of aliphatic carboxylic acids is 2. The number of benzene rings is 2. The summed E-state index contributed by atoms with van der Waals surface area (Å²) in [4.78, 5) is 75.6. The smallest absolute Gasteiger partial charge is 0.311 e. The van der Waals surface area contributed by atoms with Crippen LogP contribution in [0.3, 0.4) is 0 Å². The summed E-state index contributed by atoms with van der Waals surface area (Å²) in [6.07, 6.45) is 6.10. The summed E-state index contributed by atoms with van der Waals surface area (Å²) in [6, 6.07) is 11.0. The quantitative estimate of drug-likeness (QED) is 0.0951. The highest BCUT2D eigenvalue weighted by Crippen LogP contribution is 2.59. The summed E-state index contributed by atoms with van der Waals surface area (Å²) in [6.45, 7) is 7.93. The summed E-state index contributed by atoms with van der Waals surface area (Å²) >= 11 is 0. The van der Waals surface area contributed by atoms with Crippen LogP contribution in [0.2, 0.25) is 0 Å². The van der Waals surface area contributed by atoms with Crippen LogP contribution in [0.4, 0.5) is 0 Å². The molecule has 326 valence electrons. The van der Waals surface area contributed by atoms with Gasteiger partial charge in [0.25, 0.3) is 0 Å². The van der Waals surface area contributed by atoms with Gasteiger partial charge in [-0.1, -0.05) is 27.7 Å². The Morgan fingerprint density at radius 3 is 1.15 bits per heavy atom. The highest BCUT2D eigenvalue weighted by Gasteiger charge is 2.64. The van der Waals surface area contributed by atoms with E-state index >= 15 is 0 Å². The van der Waals surface area contributed by atoms with Crippen molar-refractivity contribution in [2.75, 3.05) is 14.1 Å². The van der Waals surface area contributed by atoms with Crippen LogP contribution in [0.5, 0.6) is 23.0 Å². The number of hydrogen-bond acceptors (Lipinski definition) is 10. The Bertz CT molecular complexity index is 1840. The zero-order chi connectivity index (χ0) is 43.6. The molecule has 4 saturated heterocycles. The Morgan fingerprint density at radius 2 is 0.867 bits per heavy atom. The summed E-state index contributed by atoms with van der Waals surface area (Å²) in [5, 5.41) is 21.8. The van der Waals surface area contributed by atoms with Gasteiger partial charge >= 0.3 is 35.8 Å². The average Bonchev–Trinajstić information content (AvgIpc) is 3.44. The fourth-order valence-electron chi connectivity index (χ4n) is 11.3. The molecule has 2 N–H and O–H groups in total. The van der Waals surface area contributed by atoms with Gasteiger partial charge in [-0.3, -0.25) is 28.8 Å². The predicted molar refractivity (Wildman–Crippen MR) is 218 cm³/mol. The molecule has 0 radical (unpaired) electrons. The Morgan fingerprint density at radius 1 is 0.550 bits per heavy atom. The minimum absolute atomic E-state index is 0.0949. The maximum atomic E-state index is 13.9. The summed E-state index contributed by atoms with van der Waals surface area (Å²) in [5.41, 5.74) is 0.348. The second kappa shape index (κ2) is 18.0. The van der Waals surface area contributed by atoms with Crippen molar-refractivity contribution in [1.29, 1.82) is 0 Å². The molecule has 4 unspecified atom stereocenters. The average molecular weight is 835 g/mol. The van der Waals surface area contributed by atoms with Crippen LogP contribution in [0.25, 0.3) is 0 Å². The molecule has 2 aromatic carbocycles. The second-order valence-electron chi connectivity index (χ2n) is 17.9. The second-order valence-corrected chi connectivity index (χ2v) is 17.9. The minimum atomic E-state index is -1.44. The van der Waals surface area contributed by atoms with Crippen molar-refractivity contribution >= 4 is 35.8 Å². The van der Waals surface area contributed by atoms with E-state index in [0.717, 1.165) is 36.8 Å². The highest BCUT2D eigenvalue weighted by molar-refractivity contribution is 5.82. The monoisotopic (exact) mass is 834 g/mol. The fraction of sp³-hybridized carbons (Fsp3) is 0.609. The van der Waals surface area contributed by atoms with Crippen molar-refractivity contribution < 1.29 is 66.9 Å². The van der Waals surface area contributed by atoms with Gasteiger partial charge in [-0.05, 0) is 48.2 Å². The lowest BCUT2D eigenvalue weighted by molar-refractivity contribution is -0.963. The van der Waals surface area contributed by atoms with Crippen LogP contribution in [0.15, 0.2) is 36.4 Å². The van der Waals surface area contributed by atoms with Crippen molar-refractivity contribution in [1.82, 2.24) is 0 Å². The van der Waals surface area contributed by atoms with Crippen LogP contribution < -0.4 is 18.9 Å². The summed E-state index contributed by atoms with van der Waals surface area (Å²) in [7, 11) is 4.39. The zero-order valence-electron chi connectivity index (χ0n) is 35.9. The van der Waals surface area contributed by atoms with Crippen molar-refractivity contribution in [2.24, 2.45) is 17.3 Å². The third-order valence-corrected chi connectivity index (χ3v) is 14.6. The van der Waals surface area contributed by atoms with Crippen LogP contribution in [-0.4, -0.2) is 93.3 Å². The van der Waals surface area contributed by atoms with E-state index in [0.29, 0.717) is 47.7 Å². The predicted octanol–water partition coefficient (Wildman–Crippen LogP) is 6.97. The number of ether oxygens (including phenoxy) is 4. The SMILES string of the molecule is CCC(=O)Oc1ccc(C[N+]2(C)C3CCC2CC(C(CC(=O)O)(C(=O)O)C2CC4CCC(C2)[N+]4(C)Cc2ccc(OC(=O)CC)c(OC(=O)CC)c2)C3)cc1OC(=O)CC. The zero-order valence-corrected chi connectivity index (χ0v) is 35.9. The number of piperidine rings is 2. The maximum absolute atomic E-state index is 13.9. The molecule has 4 aliphatic rings. The maximum Gasteiger partial charge on any atom is 0.311 e. The molecular weight excluding hydrogens is 773 g/mol. The number of carboxylic acid groups (broad SMARTS) is 2. The number of rotatable bonds is 17. The van der Waals surface area contributed by atoms with E-state index in [9.17, 15) is 39.0 Å². The van der Waals surface area contributed by atoms with Crippen LogP contribution in [-0.2, 0) is 41.9 Å². The number of fused-ring (bicyclic) bond motifs is 4. The van der Waals surface area contributed by atoms with Gasteiger partial charge in [0.2, 0.25) is 0 Å². The minimum Gasteiger partial charge on any atom is -0.481 e. The molecule has 14 nitrogen and oxygen atoms in total. The number of esters is 4. The topological polar surface area (TPSA) is 180 Å². The first-order valence-electron chi connectivity index (χ1n) is 21.7. The molecule has 60 heavy (non-hydrogen) atoms. The first-order valence-corrected chi connectivity index (χ1v) is 21.7. The molecule has 14 heteroatoms. The summed E-state index contributed by atoms with van der Waals surface area (Å²) < 4.78 is 23.5. The normalized spacial score (nSPS) is 28.9. The molecule has 4 fully saturated rings. The molecule has 0 amide bonds. The third kappa shape index (κ3) is 8.81. The van der Waals surface area contributed by atoms with Gasteiger partial charge in [0, 0.05) is 88.2 Å². The van der Waals surface area contributed by atoms with E-state index < -0.39 is 47.7 Å². The van der Waals surface area contributed by atoms with E-state index in [4.69, 9.17) is 18.9 Å². The Labute approximate surface area is 352 Å². The van der Waals surface area contributed by atoms with Crippen LogP contribution in [0.1, 0.15) is 122 Å². The molecule has 2 aromatic rings. The molecule has 0 aromatic heterocycles. The van der Waals surface area contributed by atoms with E-state index in [1.165, 1.54) is 0 Å². The van der Waals surface area contributed by atoms with Gasteiger partial charge < -0.3 is 38.1 Å². The lowest BCUT2D eigenvalue weighted by Gasteiger charge is -2.55.